The second-order valence-corrected chi connectivity index (χ2v) is 6.64. The Bertz CT molecular complexity index is 426. The highest BCUT2D eigenvalue weighted by molar-refractivity contribution is 9.10. The van der Waals surface area contributed by atoms with E-state index in [0.29, 0.717) is 0 Å². The fourth-order valence-electron chi connectivity index (χ4n) is 2.73. The van der Waals surface area contributed by atoms with Gasteiger partial charge in [-0.05, 0) is 46.7 Å². The van der Waals surface area contributed by atoms with E-state index in [1.54, 1.807) is 6.20 Å². The summed E-state index contributed by atoms with van der Waals surface area (Å²) in [5.74, 6) is 2.73. The van der Waals surface area contributed by atoms with E-state index in [-0.39, 0.29) is 0 Å². The Morgan fingerprint density at radius 3 is 2.74 bits per heavy atom. The van der Waals surface area contributed by atoms with Crippen LogP contribution in [0.2, 0.25) is 0 Å². The van der Waals surface area contributed by atoms with E-state index in [4.69, 9.17) is 5.73 Å². The maximum Gasteiger partial charge on any atom is 0.140 e. The van der Waals surface area contributed by atoms with Gasteiger partial charge < -0.3 is 11.1 Å². The summed E-state index contributed by atoms with van der Waals surface area (Å²) < 4.78 is 0.991. The second kappa shape index (κ2) is 6.60. The van der Waals surface area contributed by atoms with E-state index >= 15 is 0 Å². The summed E-state index contributed by atoms with van der Waals surface area (Å²) in [5.41, 5.74) is 7.62. The minimum Gasteiger partial charge on any atom is -0.397 e. The van der Waals surface area contributed by atoms with Gasteiger partial charge in [-0.2, -0.15) is 0 Å². The van der Waals surface area contributed by atoms with Crippen LogP contribution in [0.4, 0.5) is 11.5 Å². The van der Waals surface area contributed by atoms with Crippen LogP contribution in [0.1, 0.15) is 44.6 Å². The summed E-state index contributed by atoms with van der Waals surface area (Å²) in [6.07, 6.45) is 8.53. The summed E-state index contributed by atoms with van der Waals surface area (Å²) in [7, 11) is 0. The van der Waals surface area contributed by atoms with Crippen LogP contribution in [0.5, 0.6) is 0 Å². The summed E-state index contributed by atoms with van der Waals surface area (Å²) in [6.45, 7) is 5.37. The van der Waals surface area contributed by atoms with Crippen molar-refractivity contribution in [1.82, 2.24) is 4.98 Å². The molecule has 1 aliphatic carbocycles. The van der Waals surface area contributed by atoms with Crippen molar-refractivity contribution in [2.75, 3.05) is 17.6 Å². The lowest BCUT2D eigenvalue weighted by Gasteiger charge is -2.26. The van der Waals surface area contributed by atoms with E-state index < -0.39 is 0 Å². The molecule has 0 radical (unpaired) electrons. The molecule has 1 aromatic rings. The van der Waals surface area contributed by atoms with Crippen molar-refractivity contribution in [2.24, 2.45) is 11.8 Å². The van der Waals surface area contributed by atoms with Crippen molar-refractivity contribution in [3.8, 4) is 0 Å². The molecule has 1 saturated carbocycles. The van der Waals surface area contributed by atoms with Crippen LogP contribution in [0, 0.1) is 18.8 Å². The molecule has 0 aromatic carbocycles. The zero-order chi connectivity index (χ0) is 13.8. The van der Waals surface area contributed by atoms with Gasteiger partial charge in [0.05, 0.1) is 16.4 Å². The lowest BCUT2D eigenvalue weighted by Crippen LogP contribution is -2.16. The van der Waals surface area contributed by atoms with Crippen molar-refractivity contribution < 1.29 is 0 Å². The van der Waals surface area contributed by atoms with Crippen LogP contribution >= 0.6 is 15.9 Å². The SMILES string of the molecule is Cc1c(N)cnc(NCCC2CCC(C)CC2)c1Br. The molecule has 3 N–H and O–H groups in total. The Hall–Kier alpha value is -0.770. The monoisotopic (exact) mass is 325 g/mol. The summed E-state index contributed by atoms with van der Waals surface area (Å²) in [4.78, 5) is 4.35. The highest BCUT2D eigenvalue weighted by Gasteiger charge is 2.17. The van der Waals surface area contributed by atoms with Crippen molar-refractivity contribution >= 4 is 27.4 Å². The molecule has 1 fully saturated rings. The predicted octanol–water partition coefficient (Wildman–Crippen LogP) is 4.36. The maximum absolute atomic E-state index is 5.83. The number of nitrogens with zero attached hydrogens (tertiary/aromatic N) is 1. The van der Waals surface area contributed by atoms with Gasteiger partial charge in [0.25, 0.3) is 0 Å². The predicted molar refractivity (Wildman–Crippen MR) is 85.3 cm³/mol. The highest BCUT2D eigenvalue weighted by atomic mass is 79.9. The van der Waals surface area contributed by atoms with E-state index in [1.807, 2.05) is 6.92 Å². The Kier molecular flexibility index (Phi) is 5.08. The normalized spacial score (nSPS) is 23.3. The first-order valence-electron chi connectivity index (χ1n) is 7.22. The molecule has 4 heteroatoms. The van der Waals surface area contributed by atoms with Gasteiger partial charge in [-0.1, -0.05) is 32.6 Å². The molecule has 1 aromatic heterocycles. The number of hydrogen-bond donors (Lipinski definition) is 2. The Balaban J connectivity index is 1.81. The molecule has 0 aliphatic heterocycles. The second-order valence-electron chi connectivity index (χ2n) is 5.84. The number of halogens is 1. The molecule has 3 nitrogen and oxygen atoms in total. The van der Waals surface area contributed by atoms with Gasteiger partial charge in [0.2, 0.25) is 0 Å². The average Bonchev–Trinajstić information content (AvgIpc) is 2.41. The number of hydrogen-bond acceptors (Lipinski definition) is 3. The summed E-state index contributed by atoms with van der Waals surface area (Å²) in [6, 6.07) is 0. The lowest BCUT2D eigenvalue weighted by molar-refractivity contribution is 0.282. The van der Waals surface area contributed by atoms with Crippen LogP contribution in [0.15, 0.2) is 10.7 Å². The molecule has 19 heavy (non-hydrogen) atoms. The number of anilines is 2. The van der Waals surface area contributed by atoms with Gasteiger partial charge in [0, 0.05) is 6.54 Å². The fourth-order valence-corrected chi connectivity index (χ4v) is 3.20. The van der Waals surface area contributed by atoms with E-state index in [2.05, 4.69) is 33.2 Å². The Morgan fingerprint density at radius 1 is 1.37 bits per heavy atom. The van der Waals surface area contributed by atoms with Crippen molar-refractivity contribution in [2.45, 2.75) is 46.0 Å². The standard InChI is InChI=1S/C15H24BrN3/c1-10-3-5-12(6-4-10)7-8-18-15-14(16)11(2)13(17)9-19-15/h9-10,12H,3-8,17H2,1-2H3,(H,18,19). The molecule has 0 spiro atoms. The first kappa shape index (κ1) is 14.6. The van der Waals surface area contributed by atoms with Crippen LogP contribution in [-0.4, -0.2) is 11.5 Å². The van der Waals surface area contributed by atoms with E-state index in [9.17, 15) is 0 Å². The number of nitrogen functional groups attached to an aromatic ring is 1. The van der Waals surface area contributed by atoms with Gasteiger partial charge in [-0.25, -0.2) is 4.98 Å². The minimum atomic E-state index is 0.735. The smallest absolute Gasteiger partial charge is 0.140 e. The van der Waals surface area contributed by atoms with Crippen molar-refractivity contribution in [1.29, 1.82) is 0 Å². The van der Waals surface area contributed by atoms with E-state index in [0.717, 1.165) is 39.9 Å². The zero-order valence-electron chi connectivity index (χ0n) is 11.9. The van der Waals surface area contributed by atoms with Gasteiger partial charge in [0.1, 0.15) is 5.82 Å². The molecule has 0 bridgehead atoms. The first-order valence-corrected chi connectivity index (χ1v) is 8.01. The number of nitrogens with two attached hydrogens (primary N) is 1. The molecular weight excluding hydrogens is 302 g/mol. The number of nitrogens with one attached hydrogen (secondary N) is 1. The lowest BCUT2D eigenvalue weighted by atomic mass is 9.81. The van der Waals surface area contributed by atoms with Crippen LogP contribution in [0.3, 0.4) is 0 Å². The molecule has 0 saturated heterocycles. The Labute approximate surface area is 124 Å². The fraction of sp³-hybridized carbons (Fsp3) is 0.667. The third kappa shape index (κ3) is 3.85. The molecule has 2 rings (SSSR count). The van der Waals surface area contributed by atoms with Crippen molar-refractivity contribution in [3.05, 3.63) is 16.2 Å². The molecule has 1 aliphatic rings. The highest BCUT2D eigenvalue weighted by Crippen LogP contribution is 2.31. The number of aromatic nitrogens is 1. The molecule has 1 heterocycles. The van der Waals surface area contributed by atoms with E-state index in [1.165, 1.54) is 32.1 Å². The quantitative estimate of drug-likeness (QED) is 0.864. The van der Waals surface area contributed by atoms with Crippen LogP contribution < -0.4 is 11.1 Å². The van der Waals surface area contributed by atoms with Gasteiger partial charge in [0.15, 0.2) is 0 Å². The average molecular weight is 326 g/mol. The Morgan fingerprint density at radius 2 is 2.05 bits per heavy atom. The minimum absolute atomic E-state index is 0.735. The van der Waals surface area contributed by atoms with Gasteiger partial charge in [-0.15, -0.1) is 0 Å². The molecular formula is C15H24BrN3. The molecule has 106 valence electrons. The van der Waals surface area contributed by atoms with Gasteiger partial charge >= 0.3 is 0 Å². The van der Waals surface area contributed by atoms with Crippen LogP contribution in [-0.2, 0) is 0 Å². The van der Waals surface area contributed by atoms with Crippen molar-refractivity contribution in [3.63, 3.8) is 0 Å². The third-order valence-electron chi connectivity index (χ3n) is 4.28. The maximum atomic E-state index is 5.83. The zero-order valence-corrected chi connectivity index (χ0v) is 13.5. The molecule has 0 amide bonds. The van der Waals surface area contributed by atoms with Crippen LogP contribution in [0.25, 0.3) is 0 Å². The van der Waals surface area contributed by atoms with Gasteiger partial charge in [-0.3, -0.25) is 0 Å². The molecule has 0 unspecified atom stereocenters. The third-order valence-corrected chi connectivity index (χ3v) is 5.25. The number of pyridine rings is 1. The summed E-state index contributed by atoms with van der Waals surface area (Å²) >= 11 is 3.56. The largest absolute Gasteiger partial charge is 0.397 e. The topological polar surface area (TPSA) is 50.9 Å². The number of rotatable bonds is 4. The molecule has 0 atom stereocenters. The summed E-state index contributed by atoms with van der Waals surface area (Å²) in [5, 5.41) is 3.43. The first-order chi connectivity index (χ1) is 9.08.